The van der Waals surface area contributed by atoms with Crippen LogP contribution >= 0.6 is 0 Å². The molecule has 2 aliphatic heterocycles. The second-order valence-corrected chi connectivity index (χ2v) is 6.44. The van der Waals surface area contributed by atoms with Crippen LogP contribution in [0.5, 0.6) is 0 Å². The van der Waals surface area contributed by atoms with E-state index in [2.05, 4.69) is 36.9 Å². The van der Waals surface area contributed by atoms with Crippen molar-refractivity contribution in [3.05, 3.63) is 23.8 Å². The molecule has 0 aliphatic carbocycles. The molecular formula is C17H24N2O. The number of benzene rings is 1. The highest BCUT2D eigenvalue weighted by Crippen LogP contribution is 2.35. The highest BCUT2D eigenvalue weighted by atomic mass is 16.2. The minimum atomic E-state index is 0.153. The van der Waals surface area contributed by atoms with Gasteiger partial charge >= 0.3 is 0 Å². The van der Waals surface area contributed by atoms with Crippen molar-refractivity contribution < 1.29 is 4.79 Å². The van der Waals surface area contributed by atoms with E-state index in [1.165, 1.54) is 24.1 Å². The maximum absolute atomic E-state index is 11.8. The van der Waals surface area contributed by atoms with Crippen LogP contribution in [0.15, 0.2) is 18.2 Å². The first-order chi connectivity index (χ1) is 9.56. The highest BCUT2D eigenvalue weighted by Gasteiger charge is 2.26. The van der Waals surface area contributed by atoms with Gasteiger partial charge in [0.05, 0.1) is 0 Å². The summed E-state index contributed by atoms with van der Waals surface area (Å²) in [6, 6.07) is 7.27. The number of carbonyl (C=O) groups excluding carboxylic acids is 1. The average molecular weight is 272 g/mol. The number of amides is 1. The molecule has 3 nitrogen and oxygen atoms in total. The summed E-state index contributed by atoms with van der Waals surface area (Å²) in [5, 5.41) is 0. The van der Waals surface area contributed by atoms with Crippen molar-refractivity contribution in [1.82, 2.24) is 0 Å². The standard InChI is InChI=1S/C17H24N2O/c1-12-9-15-10-16(18-8-4-5-13(18)2)6-7-17(15)19(11-12)14(3)20/h6-7,10,12-13H,4-5,8-9,11H2,1-3H3/t12-,13?/m1/s1. The Labute approximate surface area is 121 Å². The normalized spacial score (nSPS) is 25.8. The maximum atomic E-state index is 11.8. The van der Waals surface area contributed by atoms with Gasteiger partial charge in [0.25, 0.3) is 0 Å². The van der Waals surface area contributed by atoms with E-state index < -0.39 is 0 Å². The van der Waals surface area contributed by atoms with Crippen LogP contribution in [0.3, 0.4) is 0 Å². The Hall–Kier alpha value is -1.51. The number of anilines is 2. The van der Waals surface area contributed by atoms with Gasteiger partial charge in [-0.1, -0.05) is 6.92 Å². The smallest absolute Gasteiger partial charge is 0.223 e. The number of rotatable bonds is 1. The van der Waals surface area contributed by atoms with Gasteiger partial charge in [0.15, 0.2) is 0 Å². The van der Waals surface area contributed by atoms with Crippen molar-refractivity contribution in [2.75, 3.05) is 22.9 Å². The largest absolute Gasteiger partial charge is 0.369 e. The van der Waals surface area contributed by atoms with Crippen LogP contribution in [-0.4, -0.2) is 25.0 Å². The first-order valence-corrected chi connectivity index (χ1v) is 7.74. The third-order valence-electron chi connectivity index (χ3n) is 4.68. The molecule has 1 saturated heterocycles. The van der Waals surface area contributed by atoms with E-state index in [0.717, 1.165) is 25.2 Å². The summed E-state index contributed by atoms with van der Waals surface area (Å²) >= 11 is 0. The van der Waals surface area contributed by atoms with E-state index in [1.54, 1.807) is 6.92 Å². The summed E-state index contributed by atoms with van der Waals surface area (Å²) in [6.07, 6.45) is 3.65. The van der Waals surface area contributed by atoms with Crippen molar-refractivity contribution >= 4 is 17.3 Å². The van der Waals surface area contributed by atoms with E-state index in [4.69, 9.17) is 0 Å². The van der Waals surface area contributed by atoms with Crippen LogP contribution < -0.4 is 9.80 Å². The summed E-state index contributed by atoms with van der Waals surface area (Å²) in [5.41, 5.74) is 3.77. The Kier molecular flexibility index (Phi) is 3.45. The Balaban J connectivity index is 1.95. The number of hydrogen-bond donors (Lipinski definition) is 0. The lowest BCUT2D eigenvalue weighted by molar-refractivity contribution is -0.116. The fourth-order valence-electron chi connectivity index (χ4n) is 3.64. The monoisotopic (exact) mass is 272 g/mol. The molecular weight excluding hydrogens is 248 g/mol. The van der Waals surface area contributed by atoms with Crippen molar-refractivity contribution in [3.63, 3.8) is 0 Å². The molecule has 0 saturated carbocycles. The number of nitrogens with zero attached hydrogens (tertiary/aromatic N) is 2. The first kappa shape index (κ1) is 13.5. The summed E-state index contributed by atoms with van der Waals surface area (Å²) in [6.45, 7) is 8.20. The molecule has 108 valence electrons. The second kappa shape index (κ2) is 5.12. The van der Waals surface area contributed by atoms with Crippen molar-refractivity contribution in [1.29, 1.82) is 0 Å². The molecule has 2 atom stereocenters. The quantitative estimate of drug-likeness (QED) is 0.783. The van der Waals surface area contributed by atoms with Crippen molar-refractivity contribution in [2.45, 2.75) is 46.1 Å². The van der Waals surface area contributed by atoms with Gasteiger partial charge in [0, 0.05) is 37.4 Å². The van der Waals surface area contributed by atoms with Gasteiger partial charge in [-0.3, -0.25) is 4.79 Å². The molecule has 0 N–H and O–H groups in total. The molecule has 1 aromatic carbocycles. The van der Waals surface area contributed by atoms with Gasteiger partial charge in [-0.25, -0.2) is 0 Å². The Morgan fingerprint density at radius 1 is 1.30 bits per heavy atom. The average Bonchev–Trinajstić information content (AvgIpc) is 2.83. The van der Waals surface area contributed by atoms with E-state index in [0.29, 0.717) is 12.0 Å². The lowest BCUT2D eigenvalue weighted by atomic mass is 9.93. The number of hydrogen-bond acceptors (Lipinski definition) is 2. The third kappa shape index (κ3) is 2.30. The van der Waals surface area contributed by atoms with Gasteiger partial charge in [-0.05, 0) is 55.9 Å². The van der Waals surface area contributed by atoms with Crippen LogP contribution in [-0.2, 0) is 11.2 Å². The zero-order chi connectivity index (χ0) is 14.3. The second-order valence-electron chi connectivity index (χ2n) is 6.44. The summed E-state index contributed by atoms with van der Waals surface area (Å²) in [4.78, 5) is 16.2. The molecule has 20 heavy (non-hydrogen) atoms. The van der Waals surface area contributed by atoms with Crippen LogP contribution in [0.2, 0.25) is 0 Å². The lowest BCUT2D eigenvalue weighted by Crippen LogP contribution is -2.38. The first-order valence-electron chi connectivity index (χ1n) is 7.74. The highest BCUT2D eigenvalue weighted by molar-refractivity contribution is 5.93. The molecule has 2 aliphatic rings. The van der Waals surface area contributed by atoms with E-state index >= 15 is 0 Å². The molecule has 1 unspecified atom stereocenters. The molecule has 3 heteroatoms. The molecule has 0 radical (unpaired) electrons. The topological polar surface area (TPSA) is 23.6 Å². The number of carbonyl (C=O) groups is 1. The van der Waals surface area contributed by atoms with Gasteiger partial charge < -0.3 is 9.80 Å². The predicted octanol–water partition coefficient (Wildman–Crippen LogP) is 3.22. The minimum absolute atomic E-state index is 0.153. The Morgan fingerprint density at radius 2 is 2.10 bits per heavy atom. The predicted molar refractivity (Wildman–Crippen MR) is 83.4 cm³/mol. The molecule has 0 spiro atoms. The molecule has 3 rings (SSSR count). The van der Waals surface area contributed by atoms with Gasteiger partial charge in [-0.15, -0.1) is 0 Å². The van der Waals surface area contributed by atoms with Gasteiger partial charge in [0.1, 0.15) is 0 Å². The lowest BCUT2D eigenvalue weighted by Gasteiger charge is -2.34. The molecule has 2 heterocycles. The van der Waals surface area contributed by atoms with Crippen LogP contribution in [0.1, 0.15) is 39.2 Å². The summed E-state index contributed by atoms with van der Waals surface area (Å²) in [5.74, 6) is 0.692. The molecule has 1 amide bonds. The minimum Gasteiger partial charge on any atom is -0.369 e. The van der Waals surface area contributed by atoms with Crippen LogP contribution in [0.25, 0.3) is 0 Å². The van der Waals surface area contributed by atoms with Gasteiger partial charge in [-0.2, -0.15) is 0 Å². The Bertz CT molecular complexity index is 526. The van der Waals surface area contributed by atoms with E-state index in [9.17, 15) is 4.79 Å². The maximum Gasteiger partial charge on any atom is 0.223 e. The fraction of sp³-hybridized carbons (Fsp3) is 0.588. The van der Waals surface area contributed by atoms with Crippen molar-refractivity contribution in [3.8, 4) is 0 Å². The SMILES string of the molecule is CC(=O)N1C[C@H](C)Cc2cc(N3CCCC3C)ccc21. The fourth-order valence-corrected chi connectivity index (χ4v) is 3.64. The zero-order valence-corrected chi connectivity index (χ0v) is 12.7. The van der Waals surface area contributed by atoms with E-state index in [1.807, 2.05) is 4.90 Å². The summed E-state index contributed by atoms with van der Waals surface area (Å²) < 4.78 is 0. The van der Waals surface area contributed by atoms with Crippen LogP contribution in [0.4, 0.5) is 11.4 Å². The summed E-state index contributed by atoms with van der Waals surface area (Å²) in [7, 11) is 0. The van der Waals surface area contributed by atoms with Crippen LogP contribution in [0, 0.1) is 5.92 Å². The van der Waals surface area contributed by atoms with Gasteiger partial charge in [0.2, 0.25) is 5.91 Å². The molecule has 0 aromatic heterocycles. The molecule has 1 aromatic rings. The zero-order valence-electron chi connectivity index (χ0n) is 12.7. The Morgan fingerprint density at radius 3 is 2.75 bits per heavy atom. The van der Waals surface area contributed by atoms with E-state index in [-0.39, 0.29) is 5.91 Å². The number of fused-ring (bicyclic) bond motifs is 1. The molecule has 0 bridgehead atoms. The van der Waals surface area contributed by atoms with Crippen molar-refractivity contribution in [2.24, 2.45) is 5.92 Å². The third-order valence-corrected chi connectivity index (χ3v) is 4.68. The molecule has 1 fully saturated rings.